The van der Waals surface area contributed by atoms with Gasteiger partial charge >= 0.3 is 0 Å². The van der Waals surface area contributed by atoms with E-state index in [0.717, 1.165) is 19.1 Å². The van der Waals surface area contributed by atoms with Gasteiger partial charge < -0.3 is 10.2 Å². The molecule has 0 aromatic heterocycles. The van der Waals surface area contributed by atoms with Crippen LogP contribution in [0.2, 0.25) is 0 Å². The van der Waals surface area contributed by atoms with Gasteiger partial charge in [-0.3, -0.25) is 0 Å². The van der Waals surface area contributed by atoms with Crippen molar-refractivity contribution in [2.75, 3.05) is 20.1 Å². The van der Waals surface area contributed by atoms with Crippen LogP contribution in [0.1, 0.15) is 56.7 Å². The van der Waals surface area contributed by atoms with E-state index in [1.54, 1.807) is 0 Å². The van der Waals surface area contributed by atoms with Crippen LogP contribution in [0.25, 0.3) is 0 Å². The smallest absolute Gasteiger partial charge is 0.0449 e. The first-order valence-electron chi connectivity index (χ1n) is 7.65. The van der Waals surface area contributed by atoms with Gasteiger partial charge in [0.1, 0.15) is 0 Å². The van der Waals surface area contributed by atoms with Gasteiger partial charge in [-0.2, -0.15) is 0 Å². The summed E-state index contributed by atoms with van der Waals surface area (Å²) < 4.78 is 0. The van der Waals surface area contributed by atoms with Crippen LogP contribution < -0.4 is 5.32 Å². The molecule has 1 atom stereocenters. The number of rotatable bonds is 7. The van der Waals surface area contributed by atoms with Crippen molar-refractivity contribution in [3.05, 3.63) is 35.4 Å². The van der Waals surface area contributed by atoms with Gasteiger partial charge in [0.25, 0.3) is 0 Å². The summed E-state index contributed by atoms with van der Waals surface area (Å²) in [5, 5.41) is 3.62. The fourth-order valence-corrected chi connectivity index (χ4v) is 2.60. The normalized spacial score (nSPS) is 17.2. The van der Waals surface area contributed by atoms with Crippen molar-refractivity contribution in [3.63, 3.8) is 0 Å². The average molecular weight is 260 g/mol. The summed E-state index contributed by atoms with van der Waals surface area (Å²) in [6.07, 6.45) is 2.75. The maximum atomic E-state index is 3.62. The summed E-state index contributed by atoms with van der Waals surface area (Å²) in [6, 6.07) is 10.4. The Morgan fingerprint density at radius 2 is 1.74 bits per heavy atom. The third-order valence-corrected chi connectivity index (χ3v) is 4.10. The molecule has 1 fully saturated rings. The summed E-state index contributed by atoms with van der Waals surface area (Å²) in [5.74, 6) is 0.612. The molecule has 2 nitrogen and oxygen atoms in total. The largest absolute Gasteiger partial charge is 0.309 e. The van der Waals surface area contributed by atoms with Gasteiger partial charge in [0.05, 0.1) is 0 Å². The molecule has 2 heteroatoms. The number of hydrogen-bond acceptors (Lipinski definition) is 2. The van der Waals surface area contributed by atoms with Crippen molar-refractivity contribution in [2.45, 2.75) is 51.6 Å². The molecule has 1 aromatic rings. The summed E-state index contributed by atoms with van der Waals surface area (Å²) in [5.41, 5.74) is 2.84. The van der Waals surface area contributed by atoms with E-state index in [9.17, 15) is 0 Å². The van der Waals surface area contributed by atoms with Crippen molar-refractivity contribution in [2.24, 2.45) is 0 Å². The predicted molar refractivity (Wildman–Crippen MR) is 82.6 cm³/mol. The van der Waals surface area contributed by atoms with Crippen LogP contribution in [-0.4, -0.2) is 31.1 Å². The highest BCUT2D eigenvalue weighted by atomic mass is 15.2. The molecule has 1 aliphatic rings. The van der Waals surface area contributed by atoms with Crippen molar-refractivity contribution in [1.82, 2.24) is 10.2 Å². The van der Waals surface area contributed by atoms with Crippen LogP contribution in [-0.2, 0) is 0 Å². The monoisotopic (exact) mass is 260 g/mol. The number of nitrogens with one attached hydrogen (secondary N) is 1. The Hall–Kier alpha value is -0.860. The number of benzene rings is 1. The number of nitrogens with zero attached hydrogens (tertiary/aromatic N) is 1. The minimum atomic E-state index is 0.455. The first kappa shape index (κ1) is 14.5. The Labute approximate surface area is 118 Å². The van der Waals surface area contributed by atoms with Crippen LogP contribution in [0.15, 0.2) is 24.3 Å². The van der Waals surface area contributed by atoms with Crippen LogP contribution in [0.5, 0.6) is 0 Å². The maximum Gasteiger partial charge on any atom is 0.0449 e. The van der Waals surface area contributed by atoms with Crippen LogP contribution in [0.3, 0.4) is 0 Å². The van der Waals surface area contributed by atoms with Crippen LogP contribution >= 0.6 is 0 Å². The Bertz CT molecular complexity index is 379. The van der Waals surface area contributed by atoms with Crippen molar-refractivity contribution < 1.29 is 0 Å². The molecule has 2 rings (SSSR count). The second kappa shape index (κ2) is 6.53. The summed E-state index contributed by atoms with van der Waals surface area (Å²) in [6.45, 7) is 8.82. The Balaban J connectivity index is 2.04. The van der Waals surface area contributed by atoms with Gasteiger partial charge in [-0.25, -0.2) is 0 Å². The number of hydrogen-bond donors (Lipinski definition) is 1. The first-order chi connectivity index (χ1) is 9.11. The topological polar surface area (TPSA) is 15.3 Å². The highest BCUT2D eigenvalue weighted by molar-refractivity contribution is 5.27. The van der Waals surface area contributed by atoms with Crippen molar-refractivity contribution in [1.29, 1.82) is 0 Å². The van der Waals surface area contributed by atoms with E-state index in [1.165, 1.54) is 24.0 Å². The third-order valence-electron chi connectivity index (χ3n) is 4.10. The molecule has 0 spiro atoms. The van der Waals surface area contributed by atoms with Crippen LogP contribution in [0, 0.1) is 0 Å². The lowest BCUT2D eigenvalue weighted by Gasteiger charge is -2.25. The van der Waals surface area contributed by atoms with Gasteiger partial charge in [0.2, 0.25) is 0 Å². The molecular formula is C17H28N2. The fraction of sp³-hybridized carbons (Fsp3) is 0.647. The highest BCUT2D eigenvalue weighted by Gasteiger charge is 2.27. The summed E-state index contributed by atoms with van der Waals surface area (Å²) in [4.78, 5) is 2.50. The first-order valence-corrected chi connectivity index (χ1v) is 7.65. The summed E-state index contributed by atoms with van der Waals surface area (Å²) in [7, 11) is 2.25. The van der Waals surface area contributed by atoms with E-state index in [0.29, 0.717) is 12.0 Å². The SMILES string of the molecule is CCNC(CN(C)C1CC1)c1ccc(C(C)C)cc1. The Kier molecular flexibility index (Phi) is 5.00. The molecular weight excluding hydrogens is 232 g/mol. The second-order valence-corrected chi connectivity index (χ2v) is 6.10. The zero-order chi connectivity index (χ0) is 13.8. The molecule has 1 saturated carbocycles. The molecule has 0 amide bonds. The molecule has 0 bridgehead atoms. The summed E-state index contributed by atoms with van der Waals surface area (Å²) >= 11 is 0. The maximum absolute atomic E-state index is 3.62. The molecule has 1 N–H and O–H groups in total. The molecule has 0 aliphatic heterocycles. The van der Waals surface area contributed by atoms with E-state index in [-0.39, 0.29) is 0 Å². The Morgan fingerprint density at radius 3 is 2.21 bits per heavy atom. The van der Waals surface area contributed by atoms with E-state index < -0.39 is 0 Å². The van der Waals surface area contributed by atoms with Crippen molar-refractivity contribution >= 4 is 0 Å². The predicted octanol–water partition coefficient (Wildman–Crippen LogP) is 3.55. The minimum absolute atomic E-state index is 0.455. The standard InChI is InChI=1S/C17H28N2/c1-5-18-17(12-19(4)16-10-11-16)15-8-6-14(7-9-15)13(2)3/h6-9,13,16-18H,5,10-12H2,1-4H3. The third kappa shape index (κ3) is 4.05. The molecule has 19 heavy (non-hydrogen) atoms. The second-order valence-electron chi connectivity index (χ2n) is 6.10. The quantitative estimate of drug-likeness (QED) is 0.806. The molecule has 1 aromatic carbocycles. The molecule has 106 valence electrons. The molecule has 1 unspecified atom stereocenters. The highest BCUT2D eigenvalue weighted by Crippen LogP contribution is 2.27. The zero-order valence-corrected chi connectivity index (χ0v) is 12.8. The van der Waals surface area contributed by atoms with E-state index in [4.69, 9.17) is 0 Å². The lowest BCUT2D eigenvalue weighted by atomic mass is 9.99. The minimum Gasteiger partial charge on any atom is -0.309 e. The van der Waals surface area contributed by atoms with Gasteiger partial charge in [-0.1, -0.05) is 45.0 Å². The lowest BCUT2D eigenvalue weighted by Crippen LogP contribution is -2.34. The van der Waals surface area contributed by atoms with E-state index in [1.807, 2.05) is 0 Å². The molecule has 1 aliphatic carbocycles. The molecule has 0 radical (unpaired) electrons. The van der Waals surface area contributed by atoms with E-state index >= 15 is 0 Å². The average Bonchev–Trinajstić information content (AvgIpc) is 3.22. The van der Waals surface area contributed by atoms with Gasteiger partial charge in [-0.15, -0.1) is 0 Å². The van der Waals surface area contributed by atoms with Crippen molar-refractivity contribution in [3.8, 4) is 0 Å². The molecule has 0 heterocycles. The lowest BCUT2D eigenvalue weighted by molar-refractivity contribution is 0.283. The zero-order valence-electron chi connectivity index (χ0n) is 12.8. The number of likely N-dealkylation sites (N-methyl/N-ethyl adjacent to an activating group) is 2. The van der Waals surface area contributed by atoms with Gasteiger partial charge in [0, 0.05) is 18.6 Å². The fourth-order valence-electron chi connectivity index (χ4n) is 2.60. The Morgan fingerprint density at radius 1 is 1.16 bits per heavy atom. The van der Waals surface area contributed by atoms with Gasteiger partial charge in [0.15, 0.2) is 0 Å². The van der Waals surface area contributed by atoms with Crippen LogP contribution in [0.4, 0.5) is 0 Å². The van der Waals surface area contributed by atoms with E-state index in [2.05, 4.69) is 62.3 Å². The molecule has 0 saturated heterocycles. The van der Waals surface area contributed by atoms with Gasteiger partial charge in [-0.05, 0) is 43.5 Å².